The molecule has 0 aliphatic carbocycles. The van der Waals surface area contributed by atoms with E-state index in [0.717, 1.165) is 17.0 Å². The molecule has 3 rings (SSSR count). The summed E-state index contributed by atoms with van der Waals surface area (Å²) in [6, 6.07) is 8.21. The molecule has 1 saturated heterocycles. The average molecular weight is 417 g/mol. The Morgan fingerprint density at radius 2 is 2.14 bits per heavy atom. The fourth-order valence-electron chi connectivity index (χ4n) is 2.79. The molecule has 28 heavy (non-hydrogen) atoms. The van der Waals surface area contributed by atoms with Crippen molar-refractivity contribution in [2.75, 3.05) is 22.7 Å². The lowest BCUT2D eigenvalue weighted by Crippen LogP contribution is -2.45. The van der Waals surface area contributed by atoms with E-state index in [1.807, 2.05) is 19.9 Å². The van der Waals surface area contributed by atoms with E-state index in [1.165, 1.54) is 11.8 Å². The molecule has 1 fully saturated rings. The Balaban J connectivity index is 1.54. The molecule has 1 atom stereocenters. The highest BCUT2D eigenvalue weighted by molar-refractivity contribution is 7.99. The highest BCUT2D eigenvalue weighted by Crippen LogP contribution is 2.25. The second-order valence-corrected chi connectivity index (χ2v) is 8.34. The molecule has 1 unspecified atom stereocenters. The third-order valence-corrected chi connectivity index (χ3v) is 6.40. The summed E-state index contributed by atoms with van der Waals surface area (Å²) in [7, 11) is 0. The van der Waals surface area contributed by atoms with Crippen molar-refractivity contribution in [2.24, 2.45) is 0 Å². The summed E-state index contributed by atoms with van der Waals surface area (Å²) in [6.07, 6.45) is 0. The summed E-state index contributed by atoms with van der Waals surface area (Å²) >= 11 is 3.06. The predicted octanol–water partition coefficient (Wildman–Crippen LogP) is 2.94. The van der Waals surface area contributed by atoms with Crippen LogP contribution in [0.5, 0.6) is 0 Å². The molecule has 1 aromatic heterocycles. The molecule has 0 saturated carbocycles. The lowest BCUT2D eigenvalue weighted by molar-refractivity contribution is -0.134. The third-order valence-electron chi connectivity index (χ3n) is 4.44. The zero-order valence-corrected chi connectivity index (χ0v) is 17.2. The third kappa shape index (κ3) is 4.69. The van der Waals surface area contributed by atoms with Crippen LogP contribution in [0.4, 0.5) is 5.69 Å². The van der Waals surface area contributed by atoms with E-state index in [-0.39, 0.29) is 11.8 Å². The Morgan fingerprint density at radius 1 is 1.39 bits per heavy atom. The van der Waals surface area contributed by atoms with Crippen molar-refractivity contribution in [2.45, 2.75) is 25.6 Å². The smallest absolute Gasteiger partial charge is 0.248 e. The first-order valence-electron chi connectivity index (χ1n) is 8.67. The van der Waals surface area contributed by atoms with Gasteiger partial charge in [-0.15, -0.1) is 23.5 Å². The number of thioether (sulfide) groups is 2. The number of hydrogen-bond acceptors (Lipinski definition) is 7. The number of rotatable bonds is 6. The first kappa shape index (κ1) is 20.3. The first-order chi connectivity index (χ1) is 13.5. The van der Waals surface area contributed by atoms with Gasteiger partial charge in [-0.05, 0) is 38.1 Å². The molecule has 146 valence electrons. The van der Waals surface area contributed by atoms with Gasteiger partial charge in [0.25, 0.3) is 0 Å². The van der Waals surface area contributed by atoms with E-state index in [4.69, 9.17) is 9.78 Å². The van der Waals surface area contributed by atoms with Crippen molar-refractivity contribution in [1.29, 1.82) is 5.26 Å². The summed E-state index contributed by atoms with van der Waals surface area (Å²) in [5.74, 6) is 2.54. The number of anilines is 1. The van der Waals surface area contributed by atoms with Crippen molar-refractivity contribution in [3.8, 4) is 6.07 Å². The number of carbonyl (C=O) groups is 2. The lowest BCUT2D eigenvalue weighted by Gasteiger charge is -2.23. The minimum absolute atomic E-state index is 0.0539. The van der Waals surface area contributed by atoms with Crippen LogP contribution < -0.4 is 5.32 Å². The molecule has 1 N–H and O–H groups in total. The van der Waals surface area contributed by atoms with Crippen LogP contribution in [0.15, 0.2) is 28.8 Å². The fourth-order valence-corrected chi connectivity index (χ4v) is 5.03. The molecule has 1 aliphatic rings. The normalized spacial score (nSPS) is 16.0. The van der Waals surface area contributed by atoms with Crippen molar-refractivity contribution in [3.63, 3.8) is 0 Å². The van der Waals surface area contributed by atoms with Crippen LogP contribution in [-0.2, 0) is 15.3 Å². The molecule has 0 radical (unpaired) electrons. The number of amides is 2. The van der Waals surface area contributed by atoms with Gasteiger partial charge in [-0.3, -0.25) is 9.59 Å². The van der Waals surface area contributed by atoms with Crippen LogP contribution in [0, 0.1) is 25.2 Å². The number of nitrogens with one attached hydrogen (secondary N) is 1. The van der Waals surface area contributed by atoms with Crippen LogP contribution >= 0.6 is 23.5 Å². The van der Waals surface area contributed by atoms with Gasteiger partial charge in [0.05, 0.1) is 29.0 Å². The highest BCUT2D eigenvalue weighted by Gasteiger charge is 2.34. The Morgan fingerprint density at radius 3 is 2.79 bits per heavy atom. The van der Waals surface area contributed by atoms with E-state index in [1.54, 1.807) is 40.9 Å². The Bertz CT molecular complexity index is 885. The molecule has 7 nitrogen and oxygen atoms in total. The molecule has 2 amide bonds. The van der Waals surface area contributed by atoms with Crippen molar-refractivity contribution < 1.29 is 14.1 Å². The molecule has 1 aliphatic heterocycles. The van der Waals surface area contributed by atoms with E-state index in [2.05, 4.69) is 10.5 Å². The molecule has 9 heteroatoms. The van der Waals surface area contributed by atoms with Gasteiger partial charge in [0, 0.05) is 22.8 Å². The van der Waals surface area contributed by atoms with Gasteiger partial charge in [0.1, 0.15) is 11.8 Å². The molecular formula is C19H20N4O3S2. The number of aryl methyl sites for hydroxylation is 2. The maximum absolute atomic E-state index is 12.6. The summed E-state index contributed by atoms with van der Waals surface area (Å²) in [5, 5.41) is 15.6. The lowest BCUT2D eigenvalue weighted by atomic mass is 10.2. The quantitative estimate of drug-likeness (QED) is 0.773. The fraction of sp³-hybridized carbons (Fsp3) is 0.368. The molecule has 2 heterocycles. The number of carbonyl (C=O) groups excluding carboxylic acids is 2. The first-order valence-corrected chi connectivity index (χ1v) is 11.0. The number of nitriles is 1. The number of hydrogen-bond donors (Lipinski definition) is 1. The number of aromatic nitrogens is 1. The van der Waals surface area contributed by atoms with Crippen LogP contribution in [0.1, 0.15) is 22.6 Å². The minimum Gasteiger partial charge on any atom is -0.361 e. The monoisotopic (exact) mass is 416 g/mol. The number of benzene rings is 1. The van der Waals surface area contributed by atoms with Crippen molar-refractivity contribution in [3.05, 3.63) is 46.8 Å². The van der Waals surface area contributed by atoms with Gasteiger partial charge in [0.15, 0.2) is 0 Å². The van der Waals surface area contributed by atoms with Gasteiger partial charge >= 0.3 is 0 Å². The average Bonchev–Trinajstić information content (AvgIpc) is 3.30. The van der Waals surface area contributed by atoms with Crippen LogP contribution in [0.25, 0.3) is 0 Å². The van der Waals surface area contributed by atoms with Crippen LogP contribution in [-0.4, -0.2) is 45.3 Å². The predicted molar refractivity (Wildman–Crippen MR) is 110 cm³/mol. The van der Waals surface area contributed by atoms with E-state index < -0.39 is 6.04 Å². The zero-order chi connectivity index (χ0) is 20.1. The van der Waals surface area contributed by atoms with Gasteiger partial charge < -0.3 is 14.7 Å². The zero-order valence-electron chi connectivity index (χ0n) is 15.6. The van der Waals surface area contributed by atoms with Crippen molar-refractivity contribution >= 4 is 41.0 Å². The Kier molecular flexibility index (Phi) is 6.65. The molecule has 0 spiro atoms. The molecule has 2 aromatic rings. The molecule has 1 aromatic carbocycles. The summed E-state index contributed by atoms with van der Waals surface area (Å²) < 4.78 is 5.14. The van der Waals surface area contributed by atoms with Gasteiger partial charge in [-0.25, -0.2) is 0 Å². The van der Waals surface area contributed by atoms with Gasteiger partial charge in [0.2, 0.25) is 11.8 Å². The topological polar surface area (TPSA) is 99.2 Å². The summed E-state index contributed by atoms with van der Waals surface area (Å²) in [4.78, 5) is 26.9. The summed E-state index contributed by atoms with van der Waals surface area (Å²) in [5.41, 5.74) is 3.00. The Labute approximate surface area is 171 Å². The largest absolute Gasteiger partial charge is 0.361 e. The van der Waals surface area contributed by atoms with Crippen LogP contribution in [0.3, 0.4) is 0 Å². The maximum Gasteiger partial charge on any atom is 0.248 e. The standard InChI is InChI=1S/C19H20N4O3S2/c1-12-16(13(2)26-22-12)8-27-10-18(24)23-11-28-9-17(23)19(25)21-15-5-3-14(7-20)4-6-15/h3-6,17H,8-11H2,1-2H3,(H,21,25). The highest BCUT2D eigenvalue weighted by atomic mass is 32.2. The van der Waals surface area contributed by atoms with Gasteiger partial charge in [-0.1, -0.05) is 5.16 Å². The maximum atomic E-state index is 12.6. The second kappa shape index (κ2) is 9.17. The van der Waals surface area contributed by atoms with Crippen molar-refractivity contribution in [1.82, 2.24) is 10.1 Å². The van der Waals surface area contributed by atoms with E-state index in [9.17, 15) is 9.59 Å². The number of nitrogens with zero attached hydrogens (tertiary/aromatic N) is 3. The SMILES string of the molecule is Cc1noc(C)c1CSCC(=O)N1CSCC1C(=O)Nc1ccc(C#N)cc1. The van der Waals surface area contributed by atoms with Gasteiger partial charge in [-0.2, -0.15) is 5.26 Å². The second-order valence-electron chi connectivity index (χ2n) is 6.35. The summed E-state index contributed by atoms with van der Waals surface area (Å²) in [6.45, 7) is 3.74. The van der Waals surface area contributed by atoms with E-state index in [0.29, 0.717) is 34.4 Å². The van der Waals surface area contributed by atoms with Crippen LogP contribution in [0.2, 0.25) is 0 Å². The molecule has 0 bridgehead atoms. The van der Waals surface area contributed by atoms with E-state index >= 15 is 0 Å². The Hall–Kier alpha value is -2.44. The molecular weight excluding hydrogens is 396 g/mol. The minimum atomic E-state index is -0.493.